The van der Waals surface area contributed by atoms with Crippen molar-refractivity contribution < 1.29 is 15.3 Å². The fourth-order valence-corrected chi connectivity index (χ4v) is 2.74. The Bertz CT molecular complexity index is 205. The third-order valence-corrected chi connectivity index (χ3v) is 4.12. The van der Waals surface area contributed by atoms with Crippen molar-refractivity contribution in [1.82, 2.24) is 4.90 Å². The molecule has 3 N–H and O–H groups in total. The lowest BCUT2D eigenvalue weighted by atomic mass is 10.1. The van der Waals surface area contributed by atoms with Crippen molar-refractivity contribution in [3.63, 3.8) is 0 Å². The molecule has 0 aliphatic rings. The summed E-state index contributed by atoms with van der Waals surface area (Å²) in [7, 11) is 0. The molecule has 0 aromatic heterocycles. The van der Waals surface area contributed by atoms with Gasteiger partial charge in [-0.3, -0.25) is 0 Å². The van der Waals surface area contributed by atoms with Crippen LogP contribution in [-0.4, -0.2) is 59.2 Å². The highest BCUT2D eigenvalue weighted by atomic mass is 16.3. The average molecular weight is 318 g/mol. The molecule has 0 amide bonds. The summed E-state index contributed by atoms with van der Waals surface area (Å²) in [5.74, 6) is 0. The minimum Gasteiger partial charge on any atom is -0.396 e. The highest BCUT2D eigenvalue weighted by molar-refractivity contribution is 4.66. The van der Waals surface area contributed by atoms with Crippen LogP contribution in [0.25, 0.3) is 0 Å². The van der Waals surface area contributed by atoms with E-state index in [0.29, 0.717) is 0 Å². The molecule has 0 heterocycles. The van der Waals surface area contributed by atoms with Crippen molar-refractivity contribution in [2.75, 3.05) is 32.8 Å². The first-order chi connectivity index (χ1) is 10.7. The summed E-state index contributed by atoms with van der Waals surface area (Å²) in [5, 5.41) is 28.0. The van der Waals surface area contributed by atoms with Crippen LogP contribution in [0.5, 0.6) is 0 Å². The zero-order valence-corrected chi connectivity index (χ0v) is 14.7. The monoisotopic (exact) mass is 317 g/mol. The largest absolute Gasteiger partial charge is 0.396 e. The summed E-state index contributed by atoms with van der Waals surface area (Å²) in [6, 6.07) is 0. The predicted octanol–water partition coefficient (Wildman–Crippen LogP) is 2.94. The summed E-state index contributed by atoms with van der Waals surface area (Å²) in [6.07, 6.45) is 11.8. The van der Waals surface area contributed by atoms with Crippen molar-refractivity contribution in [3.05, 3.63) is 0 Å². The standard InChI is InChI=1S/C18H39NO3/c1-2-3-4-5-6-7-12-18(22)17-19(13-8-10-15-20)14-9-11-16-21/h18,20-22H,2-17H2,1H3. The van der Waals surface area contributed by atoms with E-state index in [1.807, 2.05) is 0 Å². The lowest BCUT2D eigenvalue weighted by Crippen LogP contribution is -2.34. The number of hydrogen-bond donors (Lipinski definition) is 3. The third-order valence-electron chi connectivity index (χ3n) is 4.12. The van der Waals surface area contributed by atoms with Gasteiger partial charge in [0, 0.05) is 19.8 Å². The van der Waals surface area contributed by atoms with Gasteiger partial charge in [-0.1, -0.05) is 45.4 Å². The van der Waals surface area contributed by atoms with E-state index in [2.05, 4.69) is 11.8 Å². The highest BCUT2D eigenvalue weighted by Crippen LogP contribution is 2.10. The molecule has 0 aliphatic heterocycles. The maximum Gasteiger partial charge on any atom is 0.0667 e. The van der Waals surface area contributed by atoms with Gasteiger partial charge >= 0.3 is 0 Å². The minimum absolute atomic E-state index is 0.241. The van der Waals surface area contributed by atoms with Crippen LogP contribution >= 0.6 is 0 Å². The van der Waals surface area contributed by atoms with Gasteiger partial charge in [0.1, 0.15) is 0 Å². The lowest BCUT2D eigenvalue weighted by Gasteiger charge is -2.25. The molecular formula is C18H39NO3. The lowest BCUT2D eigenvalue weighted by molar-refractivity contribution is 0.0987. The summed E-state index contributed by atoms with van der Waals surface area (Å²) in [6.45, 7) is 5.30. The Balaban J connectivity index is 3.79. The molecule has 0 aromatic rings. The molecule has 0 radical (unpaired) electrons. The zero-order chi connectivity index (χ0) is 16.5. The second-order valence-corrected chi connectivity index (χ2v) is 6.37. The van der Waals surface area contributed by atoms with E-state index in [9.17, 15) is 5.11 Å². The van der Waals surface area contributed by atoms with Crippen molar-refractivity contribution in [3.8, 4) is 0 Å². The number of aliphatic hydroxyl groups excluding tert-OH is 3. The van der Waals surface area contributed by atoms with Gasteiger partial charge in [-0.2, -0.15) is 0 Å². The molecule has 1 atom stereocenters. The summed E-state index contributed by atoms with van der Waals surface area (Å²) < 4.78 is 0. The quantitative estimate of drug-likeness (QED) is 0.361. The average Bonchev–Trinajstić information content (AvgIpc) is 2.51. The molecule has 22 heavy (non-hydrogen) atoms. The van der Waals surface area contributed by atoms with Gasteiger partial charge in [0.15, 0.2) is 0 Å². The van der Waals surface area contributed by atoms with E-state index in [4.69, 9.17) is 10.2 Å². The molecule has 0 aromatic carbocycles. The van der Waals surface area contributed by atoms with Crippen LogP contribution < -0.4 is 0 Å². The predicted molar refractivity (Wildman–Crippen MR) is 93.1 cm³/mol. The van der Waals surface area contributed by atoms with E-state index in [-0.39, 0.29) is 19.3 Å². The Morgan fingerprint density at radius 3 is 1.82 bits per heavy atom. The van der Waals surface area contributed by atoms with E-state index < -0.39 is 0 Å². The Hall–Kier alpha value is -0.160. The van der Waals surface area contributed by atoms with E-state index in [1.165, 1.54) is 32.1 Å². The normalized spacial score (nSPS) is 13.0. The molecular weight excluding hydrogens is 278 g/mol. The first-order valence-electron chi connectivity index (χ1n) is 9.36. The van der Waals surface area contributed by atoms with Crippen molar-refractivity contribution >= 4 is 0 Å². The number of hydrogen-bond acceptors (Lipinski definition) is 4. The van der Waals surface area contributed by atoms with E-state index in [1.54, 1.807) is 0 Å². The maximum absolute atomic E-state index is 10.2. The van der Waals surface area contributed by atoms with Gasteiger partial charge in [0.05, 0.1) is 6.10 Å². The van der Waals surface area contributed by atoms with E-state index in [0.717, 1.165) is 58.2 Å². The third kappa shape index (κ3) is 14.8. The molecule has 4 heteroatoms. The van der Waals surface area contributed by atoms with Gasteiger partial charge in [0.2, 0.25) is 0 Å². The van der Waals surface area contributed by atoms with Crippen LogP contribution in [0.2, 0.25) is 0 Å². The molecule has 0 bridgehead atoms. The second kappa shape index (κ2) is 17.2. The van der Waals surface area contributed by atoms with Gasteiger partial charge in [-0.05, 0) is 45.2 Å². The molecule has 0 spiro atoms. The summed E-state index contributed by atoms with van der Waals surface area (Å²) >= 11 is 0. The molecule has 0 saturated heterocycles. The SMILES string of the molecule is CCCCCCCCC(O)CN(CCCCO)CCCCO. The molecule has 0 fully saturated rings. The van der Waals surface area contributed by atoms with Gasteiger partial charge in [-0.15, -0.1) is 0 Å². The molecule has 1 unspecified atom stereocenters. The highest BCUT2D eigenvalue weighted by Gasteiger charge is 2.11. The fourth-order valence-electron chi connectivity index (χ4n) is 2.74. The topological polar surface area (TPSA) is 63.9 Å². The van der Waals surface area contributed by atoms with Crippen molar-refractivity contribution in [1.29, 1.82) is 0 Å². The van der Waals surface area contributed by atoms with Crippen molar-refractivity contribution in [2.24, 2.45) is 0 Å². The Kier molecular flexibility index (Phi) is 17.1. The Morgan fingerprint density at radius 2 is 1.27 bits per heavy atom. The van der Waals surface area contributed by atoms with Crippen LogP contribution in [0.4, 0.5) is 0 Å². The molecule has 134 valence electrons. The summed E-state index contributed by atoms with van der Waals surface area (Å²) in [4.78, 5) is 2.28. The van der Waals surface area contributed by atoms with Gasteiger partial charge in [-0.25, -0.2) is 0 Å². The number of unbranched alkanes of at least 4 members (excludes halogenated alkanes) is 7. The molecule has 0 aliphatic carbocycles. The maximum atomic E-state index is 10.2. The van der Waals surface area contributed by atoms with E-state index >= 15 is 0 Å². The smallest absolute Gasteiger partial charge is 0.0667 e. The fraction of sp³-hybridized carbons (Fsp3) is 1.00. The zero-order valence-electron chi connectivity index (χ0n) is 14.7. The first kappa shape index (κ1) is 21.8. The van der Waals surface area contributed by atoms with Crippen LogP contribution in [0.1, 0.15) is 77.6 Å². The molecule has 0 rings (SSSR count). The minimum atomic E-state index is -0.241. The van der Waals surface area contributed by atoms with Crippen LogP contribution in [-0.2, 0) is 0 Å². The Morgan fingerprint density at radius 1 is 0.727 bits per heavy atom. The number of nitrogens with zero attached hydrogens (tertiary/aromatic N) is 1. The van der Waals surface area contributed by atoms with Crippen molar-refractivity contribution in [2.45, 2.75) is 83.7 Å². The molecule has 0 saturated carbocycles. The molecule has 4 nitrogen and oxygen atoms in total. The second-order valence-electron chi connectivity index (χ2n) is 6.37. The van der Waals surface area contributed by atoms with Crippen LogP contribution in [0, 0.1) is 0 Å². The van der Waals surface area contributed by atoms with Gasteiger partial charge in [0.25, 0.3) is 0 Å². The van der Waals surface area contributed by atoms with Crippen LogP contribution in [0.3, 0.4) is 0 Å². The Labute approximate surface area is 137 Å². The van der Waals surface area contributed by atoms with Crippen LogP contribution in [0.15, 0.2) is 0 Å². The summed E-state index contributed by atoms with van der Waals surface area (Å²) in [5.41, 5.74) is 0. The number of aliphatic hydroxyl groups is 3. The van der Waals surface area contributed by atoms with Gasteiger partial charge < -0.3 is 20.2 Å². The number of rotatable bonds is 17. The first-order valence-corrected chi connectivity index (χ1v) is 9.36.